The maximum absolute atomic E-state index is 12.7. The molecule has 194 valence electrons. The minimum Gasteiger partial charge on any atom is -0.497 e. The third-order valence-corrected chi connectivity index (χ3v) is 6.04. The normalized spacial score (nSPS) is 11.3. The van der Waals surface area contributed by atoms with Gasteiger partial charge >= 0.3 is 5.97 Å². The molecule has 0 aliphatic carbocycles. The number of methoxy groups -OCH3 is 2. The van der Waals surface area contributed by atoms with Crippen molar-refractivity contribution in [2.45, 2.75) is 19.1 Å². The first-order chi connectivity index (χ1) is 18.4. The number of amides is 1. The van der Waals surface area contributed by atoms with Crippen molar-refractivity contribution < 1.29 is 28.9 Å². The number of nitrogens with one attached hydrogen (secondary N) is 1. The summed E-state index contributed by atoms with van der Waals surface area (Å²) < 4.78 is 16.5. The van der Waals surface area contributed by atoms with Gasteiger partial charge in [-0.3, -0.25) is 4.79 Å². The number of carboxylic acid groups (broad SMARTS) is 1. The first kappa shape index (κ1) is 26.3. The van der Waals surface area contributed by atoms with Crippen molar-refractivity contribution in [3.05, 3.63) is 114 Å². The number of carbonyl (C=O) groups is 2. The molecule has 4 aromatic carbocycles. The van der Waals surface area contributed by atoms with Gasteiger partial charge in [-0.15, -0.1) is 0 Å². The minimum absolute atomic E-state index is 0.208. The van der Waals surface area contributed by atoms with E-state index in [4.69, 9.17) is 14.2 Å². The van der Waals surface area contributed by atoms with E-state index in [1.165, 1.54) is 0 Å². The van der Waals surface area contributed by atoms with Crippen LogP contribution in [0.4, 0.5) is 0 Å². The van der Waals surface area contributed by atoms with Gasteiger partial charge < -0.3 is 24.6 Å². The van der Waals surface area contributed by atoms with Gasteiger partial charge in [0.25, 0.3) is 5.91 Å². The first-order valence-electron chi connectivity index (χ1n) is 12.1. The fourth-order valence-electron chi connectivity index (χ4n) is 3.97. The molecule has 38 heavy (non-hydrogen) atoms. The van der Waals surface area contributed by atoms with E-state index < -0.39 is 17.9 Å². The predicted octanol–water partition coefficient (Wildman–Crippen LogP) is 5.38. The summed E-state index contributed by atoms with van der Waals surface area (Å²) in [6.45, 7) is 0.359. The van der Waals surface area contributed by atoms with E-state index in [-0.39, 0.29) is 6.42 Å². The highest BCUT2D eigenvalue weighted by Gasteiger charge is 2.21. The molecule has 0 spiro atoms. The number of rotatable bonds is 11. The minimum atomic E-state index is -1.08. The zero-order valence-corrected chi connectivity index (χ0v) is 21.2. The molecule has 0 aliphatic heterocycles. The highest BCUT2D eigenvalue weighted by Crippen LogP contribution is 2.26. The molecule has 0 saturated carbocycles. The molecule has 0 bridgehead atoms. The summed E-state index contributed by atoms with van der Waals surface area (Å²) in [4.78, 5) is 24.4. The Morgan fingerprint density at radius 1 is 0.737 bits per heavy atom. The van der Waals surface area contributed by atoms with Gasteiger partial charge in [0, 0.05) is 18.1 Å². The maximum atomic E-state index is 12.7. The van der Waals surface area contributed by atoms with Crippen molar-refractivity contribution in [3.8, 4) is 28.4 Å². The number of carbonyl (C=O) groups excluding carboxylic acids is 1. The van der Waals surface area contributed by atoms with E-state index >= 15 is 0 Å². The fourth-order valence-corrected chi connectivity index (χ4v) is 3.97. The van der Waals surface area contributed by atoms with Gasteiger partial charge in [-0.2, -0.15) is 0 Å². The third kappa shape index (κ3) is 6.91. The van der Waals surface area contributed by atoms with E-state index in [0.29, 0.717) is 29.4 Å². The molecule has 0 fully saturated rings. The quantitative estimate of drug-likeness (QED) is 0.281. The van der Waals surface area contributed by atoms with Crippen molar-refractivity contribution in [2.24, 2.45) is 0 Å². The topological polar surface area (TPSA) is 94.1 Å². The highest BCUT2D eigenvalue weighted by atomic mass is 16.5. The molecule has 2 N–H and O–H groups in total. The van der Waals surface area contributed by atoms with Gasteiger partial charge in [-0.25, -0.2) is 4.79 Å². The number of aliphatic carboxylic acids is 1. The van der Waals surface area contributed by atoms with Gasteiger partial charge in [0.05, 0.1) is 14.2 Å². The van der Waals surface area contributed by atoms with E-state index in [1.807, 2.05) is 84.9 Å². The SMILES string of the molecule is COc1cc(COc2ccc(-c3ccc(C(=O)NC(Cc4ccccc4)C(=O)O)cc3)cc2)cc(OC)c1. The van der Waals surface area contributed by atoms with Gasteiger partial charge in [0.1, 0.15) is 29.9 Å². The molecule has 1 amide bonds. The molecular weight excluding hydrogens is 482 g/mol. The molecule has 1 atom stereocenters. The first-order valence-corrected chi connectivity index (χ1v) is 12.1. The fraction of sp³-hybridized carbons (Fsp3) is 0.161. The van der Waals surface area contributed by atoms with E-state index in [1.54, 1.807) is 26.4 Å². The van der Waals surface area contributed by atoms with Crippen LogP contribution in [0.3, 0.4) is 0 Å². The Balaban J connectivity index is 1.37. The monoisotopic (exact) mass is 511 g/mol. The summed E-state index contributed by atoms with van der Waals surface area (Å²) >= 11 is 0. The number of carboxylic acids is 1. The summed E-state index contributed by atoms with van der Waals surface area (Å²) in [5.74, 6) is 0.601. The molecule has 0 aliphatic rings. The van der Waals surface area contributed by atoms with Gasteiger partial charge in [-0.1, -0.05) is 54.6 Å². The lowest BCUT2D eigenvalue weighted by Crippen LogP contribution is -2.42. The largest absolute Gasteiger partial charge is 0.497 e. The van der Waals surface area contributed by atoms with Crippen LogP contribution in [0.1, 0.15) is 21.5 Å². The molecule has 4 rings (SSSR count). The highest BCUT2D eigenvalue weighted by molar-refractivity contribution is 5.97. The number of ether oxygens (including phenoxy) is 3. The van der Waals surface area contributed by atoms with Gasteiger partial charge in [0.2, 0.25) is 0 Å². The Kier molecular flexibility index (Phi) is 8.61. The number of benzene rings is 4. The Morgan fingerprint density at radius 2 is 1.32 bits per heavy atom. The van der Waals surface area contributed by atoms with Crippen molar-refractivity contribution in [2.75, 3.05) is 14.2 Å². The van der Waals surface area contributed by atoms with Crippen molar-refractivity contribution >= 4 is 11.9 Å². The van der Waals surface area contributed by atoms with E-state index in [0.717, 1.165) is 22.3 Å². The zero-order valence-electron chi connectivity index (χ0n) is 21.2. The summed E-state index contributed by atoms with van der Waals surface area (Å²) in [6, 6.07) is 28.5. The smallest absolute Gasteiger partial charge is 0.326 e. The summed E-state index contributed by atoms with van der Waals surface area (Å²) in [6.07, 6.45) is 0.208. The van der Waals surface area contributed by atoms with Crippen LogP contribution in [0.25, 0.3) is 11.1 Å². The molecular formula is C31H29NO6. The Bertz CT molecular complexity index is 1350. The standard InChI is InChI=1S/C31H29NO6/c1-36-27-16-22(17-28(19-27)37-2)20-38-26-14-12-24(13-15-26)23-8-10-25(11-9-23)30(33)32-29(31(34)35)18-21-6-4-3-5-7-21/h3-17,19,29H,18,20H2,1-2H3,(H,32,33)(H,34,35). The molecule has 7 heteroatoms. The molecule has 0 heterocycles. The average molecular weight is 512 g/mol. The summed E-state index contributed by atoms with van der Waals surface area (Å²) in [7, 11) is 3.21. The van der Waals surface area contributed by atoms with E-state index in [9.17, 15) is 14.7 Å². The summed E-state index contributed by atoms with van der Waals surface area (Å²) in [5, 5.41) is 12.2. The third-order valence-electron chi connectivity index (χ3n) is 6.04. The number of hydrogen-bond acceptors (Lipinski definition) is 5. The van der Waals surface area contributed by atoms with Crippen molar-refractivity contribution in [3.63, 3.8) is 0 Å². The lowest BCUT2D eigenvalue weighted by atomic mass is 10.0. The van der Waals surface area contributed by atoms with Crippen LogP contribution in [0, 0.1) is 0 Å². The predicted molar refractivity (Wildman–Crippen MR) is 145 cm³/mol. The van der Waals surface area contributed by atoms with Crippen molar-refractivity contribution in [1.82, 2.24) is 5.32 Å². The maximum Gasteiger partial charge on any atom is 0.326 e. The van der Waals surface area contributed by atoms with Crippen LogP contribution in [-0.2, 0) is 17.8 Å². The average Bonchev–Trinajstić information content (AvgIpc) is 2.96. The zero-order chi connectivity index (χ0) is 26.9. The lowest BCUT2D eigenvalue weighted by molar-refractivity contribution is -0.139. The van der Waals surface area contributed by atoms with Crippen LogP contribution in [0.15, 0.2) is 97.1 Å². The Labute approximate surface area is 221 Å². The second kappa shape index (κ2) is 12.5. The van der Waals surface area contributed by atoms with Crippen LogP contribution >= 0.6 is 0 Å². The van der Waals surface area contributed by atoms with Gasteiger partial charge in [0.15, 0.2) is 0 Å². The van der Waals surface area contributed by atoms with Crippen molar-refractivity contribution in [1.29, 1.82) is 0 Å². The molecule has 4 aromatic rings. The molecule has 0 aromatic heterocycles. The second-order valence-electron chi connectivity index (χ2n) is 8.67. The lowest BCUT2D eigenvalue weighted by Gasteiger charge is -2.15. The Hall–Kier alpha value is -4.78. The Morgan fingerprint density at radius 3 is 1.87 bits per heavy atom. The van der Waals surface area contributed by atoms with Crippen LogP contribution in [0.5, 0.6) is 17.2 Å². The van der Waals surface area contributed by atoms with Crippen LogP contribution in [0.2, 0.25) is 0 Å². The number of hydrogen-bond donors (Lipinski definition) is 2. The molecule has 7 nitrogen and oxygen atoms in total. The van der Waals surface area contributed by atoms with Gasteiger partial charge in [-0.05, 0) is 58.7 Å². The van der Waals surface area contributed by atoms with Crippen LogP contribution in [-0.4, -0.2) is 37.2 Å². The molecule has 0 radical (unpaired) electrons. The molecule has 1 unspecified atom stereocenters. The van der Waals surface area contributed by atoms with E-state index in [2.05, 4.69) is 5.32 Å². The second-order valence-corrected chi connectivity index (χ2v) is 8.67. The summed E-state index contributed by atoms with van der Waals surface area (Å²) in [5.41, 5.74) is 4.03. The molecule has 0 saturated heterocycles. The van der Waals surface area contributed by atoms with Crippen LogP contribution < -0.4 is 19.5 Å².